The molecule has 2 heterocycles. The first-order valence-corrected chi connectivity index (χ1v) is 6.40. The van der Waals surface area contributed by atoms with Crippen LogP contribution in [0.25, 0.3) is 10.9 Å². The van der Waals surface area contributed by atoms with Crippen molar-refractivity contribution in [3.8, 4) is 0 Å². The van der Waals surface area contributed by atoms with Crippen LogP contribution in [0.3, 0.4) is 0 Å². The number of carbonyl (C=O) groups excluding carboxylic acids is 1. The molecular formula is C14H16N4O. The van der Waals surface area contributed by atoms with Crippen LogP contribution in [0.15, 0.2) is 30.5 Å². The van der Waals surface area contributed by atoms with Gasteiger partial charge in [0, 0.05) is 36.3 Å². The quantitative estimate of drug-likeness (QED) is 0.727. The number of carbonyl (C=O) groups is 1. The number of nitrogens with one attached hydrogen (secondary N) is 2. The lowest BCUT2D eigenvalue weighted by atomic mass is 10.1. The fourth-order valence-corrected chi connectivity index (χ4v) is 2.42. The summed E-state index contributed by atoms with van der Waals surface area (Å²) < 4.78 is 0. The largest absolute Gasteiger partial charge is 0.397 e. The van der Waals surface area contributed by atoms with Crippen LogP contribution in [-0.4, -0.2) is 23.5 Å². The maximum atomic E-state index is 11.2. The maximum absolute atomic E-state index is 11.2. The molecule has 5 heteroatoms. The molecule has 0 spiro atoms. The molecule has 1 atom stereocenters. The average Bonchev–Trinajstić information content (AvgIpc) is 2.83. The topological polar surface area (TPSA) is 80.0 Å². The third-order valence-electron chi connectivity index (χ3n) is 3.43. The molecule has 1 aromatic heterocycles. The van der Waals surface area contributed by atoms with Crippen molar-refractivity contribution >= 4 is 28.2 Å². The van der Waals surface area contributed by atoms with E-state index in [2.05, 4.69) is 15.6 Å². The van der Waals surface area contributed by atoms with Gasteiger partial charge in [0.2, 0.25) is 5.91 Å². The number of aromatic nitrogens is 1. The smallest absolute Gasteiger partial charge is 0.220 e. The zero-order valence-corrected chi connectivity index (χ0v) is 10.5. The van der Waals surface area contributed by atoms with E-state index in [0.717, 1.165) is 29.6 Å². The molecule has 0 radical (unpaired) electrons. The Kier molecular flexibility index (Phi) is 2.95. The van der Waals surface area contributed by atoms with Crippen molar-refractivity contribution in [1.82, 2.24) is 10.3 Å². The van der Waals surface area contributed by atoms with Gasteiger partial charge in [-0.05, 0) is 18.6 Å². The molecule has 4 N–H and O–H groups in total. The number of rotatable bonds is 3. The van der Waals surface area contributed by atoms with Crippen LogP contribution in [0.5, 0.6) is 0 Å². The molecule has 1 aliphatic rings. The van der Waals surface area contributed by atoms with E-state index in [1.54, 1.807) is 6.20 Å². The Labute approximate surface area is 111 Å². The van der Waals surface area contributed by atoms with E-state index in [0.29, 0.717) is 12.1 Å². The van der Waals surface area contributed by atoms with Crippen LogP contribution in [0, 0.1) is 0 Å². The van der Waals surface area contributed by atoms with Crippen LogP contribution in [0.2, 0.25) is 0 Å². The second-order valence-corrected chi connectivity index (χ2v) is 4.79. The third kappa shape index (κ3) is 2.31. The number of amides is 1. The highest BCUT2D eigenvalue weighted by Gasteiger charge is 2.20. The Morgan fingerprint density at radius 3 is 3.11 bits per heavy atom. The average molecular weight is 256 g/mol. The van der Waals surface area contributed by atoms with Crippen molar-refractivity contribution in [3.63, 3.8) is 0 Å². The second-order valence-electron chi connectivity index (χ2n) is 4.79. The molecule has 1 unspecified atom stereocenters. The Morgan fingerprint density at radius 2 is 2.32 bits per heavy atom. The van der Waals surface area contributed by atoms with Gasteiger partial charge < -0.3 is 16.4 Å². The van der Waals surface area contributed by atoms with E-state index in [-0.39, 0.29) is 11.9 Å². The van der Waals surface area contributed by atoms with Crippen LogP contribution in [-0.2, 0) is 4.79 Å². The summed E-state index contributed by atoms with van der Waals surface area (Å²) in [5, 5.41) is 7.32. The first kappa shape index (κ1) is 11.8. The van der Waals surface area contributed by atoms with E-state index in [1.807, 2.05) is 24.3 Å². The van der Waals surface area contributed by atoms with Gasteiger partial charge in [-0.2, -0.15) is 0 Å². The predicted molar refractivity (Wildman–Crippen MR) is 75.8 cm³/mol. The number of para-hydroxylation sites is 1. The van der Waals surface area contributed by atoms with Crippen LogP contribution < -0.4 is 16.4 Å². The highest BCUT2D eigenvalue weighted by atomic mass is 16.1. The molecule has 1 aliphatic heterocycles. The third-order valence-corrected chi connectivity index (χ3v) is 3.43. The normalized spacial score (nSPS) is 18.5. The number of hydrogen-bond donors (Lipinski definition) is 3. The predicted octanol–water partition coefficient (Wildman–Crippen LogP) is 1.51. The molecular weight excluding hydrogens is 240 g/mol. The Balaban J connectivity index is 1.81. The Bertz CT molecular complexity index is 626. The molecule has 19 heavy (non-hydrogen) atoms. The van der Waals surface area contributed by atoms with Gasteiger partial charge in [-0.1, -0.05) is 12.1 Å². The summed E-state index contributed by atoms with van der Waals surface area (Å²) in [5.41, 5.74) is 8.40. The summed E-state index contributed by atoms with van der Waals surface area (Å²) in [6.45, 7) is 0.722. The van der Waals surface area contributed by atoms with Crippen molar-refractivity contribution in [2.45, 2.75) is 18.9 Å². The zero-order chi connectivity index (χ0) is 13.2. The number of nitrogens with two attached hydrogens (primary N) is 1. The molecule has 0 aliphatic carbocycles. The minimum atomic E-state index is 0.135. The van der Waals surface area contributed by atoms with Gasteiger partial charge in [-0.15, -0.1) is 0 Å². The number of nitrogens with zero attached hydrogens (tertiary/aromatic N) is 1. The minimum absolute atomic E-state index is 0.135. The lowest BCUT2D eigenvalue weighted by Crippen LogP contribution is -2.31. The Morgan fingerprint density at radius 1 is 1.42 bits per heavy atom. The second kappa shape index (κ2) is 4.76. The van der Waals surface area contributed by atoms with Gasteiger partial charge in [-0.25, -0.2) is 0 Å². The number of pyridine rings is 1. The standard InChI is InChI=1S/C14H16N4O/c15-11-3-1-2-10-12(6-7-16-14(10)11)17-8-9-4-5-13(19)18-9/h1-3,6-7,9H,4-5,8,15H2,(H,16,17)(H,18,19). The van der Waals surface area contributed by atoms with E-state index >= 15 is 0 Å². The fraction of sp³-hybridized carbons (Fsp3) is 0.286. The van der Waals surface area contributed by atoms with Gasteiger partial charge in [0.25, 0.3) is 0 Å². The number of benzene rings is 1. The van der Waals surface area contributed by atoms with Gasteiger partial charge in [-0.3, -0.25) is 9.78 Å². The van der Waals surface area contributed by atoms with E-state index in [4.69, 9.17) is 5.73 Å². The van der Waals surface area contributed by atoms with Gasteiger partial charge in [0.15, 0.2) is 0 Å². The molecule has 1 saturated heterocycles. The van der Waals surface area contributed by atoms with Gasteiger partial charge in [0.1, 0.15) is 0 Å². The van der Waals surface area contributed by atoms with Crippen molar-refractivity contribution < 1.29 is 4.79 Å². The molecule has 1 aromatic carbocycles. The first-order chi connectivity index (χ1) is 9.24. The molecule has 0 bridgehead atoms. The summed E-state index contributed by atoms with van der Waals surface area (Å²) >= 11 is 0. The monoisotopic (exact) mass is 256 g/mol. The zero-order valence-electron chi connectivity index (χ0n) is 10.5. The minimum Gasteiger partial charge on any atom is -0.397 e. The molecule has 2 aromatic rings. The lowest BCUT2D eigenvalue weighted by molar-refractivity contribution is -0.119. The SMILES string of the molecule is Nc1cccc2c(NCC3CCC(=O)N3)ccnc12. The number of nitrogen functional groups attached to an aromatic ring is 1. The first-order valence-electron chi connectivity index (χ1n) is 6.40. The summed E-state index contributed by atoms with van der Waals surface area (Å²) in [6, 6.07) is 7.89. The van der Waals surface area contributed by atoms with E-state index in [9.17, 15) is 4.79 Å². The highest BCUT2D eigenvalue weighted by Crippen LogP contribution is 2.25. The fourth-order valence-electron chi connectivity index (χ4n) is 2.42. The summed E-state index contributed by atoms with van der Waals surface area (Å²) in [6.07, 6.45) is 3.25. The molecule has 5 nitrogen and oxygen atoms in total. The molecule has 3 rings (SSSR count). The highest BCUT2D eigenvalue weighted by molar-refractivity contribution is 5.97. The van der Waals surface area contributed by atoms with Crippen molar-refractivity contribution in [1.29, 1.82) is 0 Å². The van der Waals surface area contributed by atoms with Crippen molar-refractivity contribution in [3.05, 3.63) is 30.5 Å². The van der Waals surface area contributed by atoms with Crippen LogP contribution in [0.1, 0.15) is 12.8 Å². The van der Waals surface area contributed by atoms with Crippen LogP contribution >= 0.6 is 0 Å². The van der Waals surface area contributed by atoms with Crippen molar-refractivity contribution in [2.24, 2.45) is 0 Å². The number of fused-ring (bicyclic) bond motifs is 1. The summed E-state index contributed by atoms with van der Waals surface area (Å²) in [7, 11) is 0. The lowest BCUT2D eigenvalue weighted by Gasteiger charge is -2.14. The summed E-state index contributed by atoms with van der Waals surface area (Å²) in [4.78, 5) is 15.5. The molecule has 0 saturated carbocycles. The van der Waals surface area contributed by atoms with E-state index < -0.39 is 0 Å². The molecule has 1 fully saturated rings. The molecule has 1 amide bonds. The molecule has 98 valence electrons. The number of hydrogen-bond acceptors (Lipinski definition) is 4. The van der Waals surface area contributed by atoms with Gasteiger partial charge in [0.05, 0.1) is 11.2 Å². The Hall–Kier alpha value is -2.30. The van der Waals surface area contributed by atoms with E-state index in [1.165, 1.54) is 0 Å². The van der Waals surface area contributed by atoms with Gasteiger partial charge >= 0.3 is 0 Å². The maximum Gasteiger partial charge on any atom is 0.220 e. The summed E-state index contributed by atoms with van der Waals surface area (Å²) in [5.74, 6) is 0.135. The van der Waals surface area contributed by atoms with Crippen molar-refractivity contribution in [2.75, 3.05) is 17.6 Å². The van der Waals surface area contributed by atoms with Crippen LogP contribution in [0.4, 0.5) is 11.4 Å². The number of anilines is 2.